The van der Waals surface area contributed by atoms with E-state index < -0.39 is 0 Å². The summed E-state index contributed by atoms with van der Waals surface area (Å²) >= 11 is 0. The van der Waals surface area contributed by atoms with Gasteiger partial charge in [0.05, 0.1) is 6.17 Å². The molecule has 0 aliphatic carbocycles. The highest BCUT2D eigenvalue weighted by Crippen LogP contribution is 2.23. The number of nitrogens with one attached hydrogen (secondary N) is 1. The molecule has 0 amide bonds. The zero-order valence-electron chi connectivity index (χ0n) is 6.68. The Bertz CT molecular complexity index is 299. The van der Waals surface area contributed by atoms with E-state index in [4.69, 9.17) is 5.73 Å². The largest absolute Gasteiger partial charge is 0.370 e. The lowest BCUT2D eigenvalue weighted by Gasteiger charge is -2.23. The van der Waals surface area contributed by atoms with E-state index in [9.17, 15) is 4.39 Å². The van der Waals surface area contributed by atoms with Crippen LogP contribution in [0.4, 0.5) is 10.1 Å². The molecule has 1 heterocycles. The van der Waals surface area contributed by atoms with E-state index in [2.05, 4.69) is 5.32 Å². The molecule has 1 aromatic rings. The number of nitrogens with two attached hydrogens (primary N) is 1. The third-order valence-corrected chi connectivity index (χ3v) is 2.13. The SMILES string of the molecule is NC1CCc2cc(F)ccc2N1. The van der Waals surface area contributed by atoms with Crippen LogP contribution in [0.1, 0.15) is 12.0 Å². The Kier molecular flexibility index (Phi) is 1.73. The number of rotatable bonds is 0. The highest BCUT2D eigenvalue weighted by Gasteiger charge is 2.13. The Balaban J connectivity index is 2.37. The van der Waals surface area contributed by atoms with Crippen molar-refractivity contribution in [3.8, 4) is 0 Å². The highest BCUT2D eigenvalue weighted by atomic mass is 19.1. The second-order valence-corrected chi connectivity index (χ2v) is 3.09. The molecule has 1 aliphatic rings. The molecule has 1 aromatic carbocycles. The fourth-order valence-electron chi connectivity index (χ4n) is 1.49. The van der Waals surface area contributed by atoms with Crippen LogP contribution in [-0.2, 0) is 6.42 Å². The molecular weight excluding hydrogens is 155 g/mol. The molecule has 64 valence electrons. The molecule has 1 unspecified atom stereocenters. The van der Waals surface area contributed by atoms with Crippen molar-refractivity contribution in [1.82, 2.24) is 0 Å². The number of hydrogen-bond donors (Lipinski definition) is 2. The Morgan fingerprint density at radius 2 is 2.33 bits per heavy atom. The number of aryl methyl sites for hydroxylation is 1. The molecule has 3 N–H and O–H groups in total. The van der Waals surface area contributed by atoms with Gasteiger partial charge in [-0.25, -0.2) is 4.39 Å². The second kappa shape index (κ2) is 2.75. The molecule has 0 bridgehead atoms. The van der Waals surface area contributed by atoms with Crippen LogP contribution in [0.15, 0.2) is 18.2 Å². The first-order valence-corrected chi connectivity index (χ1v) is 4.06. The van der Waals surface area contributed by atoms with Gasteiger partial charge in [-0.1, -0.05) is 0 Å². The average molecular weight is 166 g/mol. The van der Waals surface area contributed by atoms with Gasteiger partial charge in [-0.15, -0.1) is 0 Å². The van der Waals surface area contributed by atoms with Crippen molar-refractivity contribution in [3.05, 3.63) is 29.6 Å². The van der Waals surface area contributed by atoms with Gasteiger partial charge in [0.1, 0.15) is 5.82 Å². The summed E-state index contributed by atoms with van der Waals surface area (Å²) in [6.07, 6.45) is 1.75. The predicted molar refractivity (Wildman–Crippen MR) is 46.3 cm³/mol. The topological polar surface area (TPSA) is 38.0 Å². The third kappa shape index (κ3) is 1.28. The van der Waals surface area contributed by atoms with E-state index in [0.29, 0.717) is 0 Å². The number of anilines is 1. The average Bonchev–Trinajstić information content (AvgIpc) is 2.05. The summed E-state index contributed by atoms with van der Waals surface area (Å²) < 4.78 is 12.7. The molecule has 0 aromatic heterocycles. The standard InChI is InChI=1S/C9H11FN2/c10-7-2-3-8-6(5-7)1-4-9(11)12-8/h2-3,5,9,12H,1,4,11H2. The smallest absolute Gasteiger partial charge is 0.123 e. The minimum Gasteiger partial charge on any atom is -0.370 e. The van der Waals surface area contributed by atoms with Gasteiger partial charge < -0.3 is 11.1 Å². The Hall–Kier alpha value is -1.09. The van der Waals surface area contributed by atoms with Crippen LogP contribution >= 0.6 is 0 Å². The van der Waals surface area contributed by atoms with Gasteiger partial charge in [-0.2, -0.15) is 0 Å². The number of halogens is 1. The molecule has 2 nitrogen and oxygen atoms in total. The Labute approximate surface area is 70.6 Å². The van der Waals surface area contributed by atoms with Crippen LogP contribution in [0, 0.1) is 5.82 Å². The Morgan fingerprint density at radius 3 is 3.17 bits per heavy atom. The molecular formula is C9H11FN2. The first-order chi connectivity index (χ1) is 5.75. The first kappa shape index (κ1) is 7.55. The summed E-state index contributed by atoms with van der Waals surface area (Å²) in [6, 6.07) is 4.75. The fraction of sp³-hybridized carbons (Fsp3) is 0.333. The summed E-state index contributed by atoms with van der Waals surface area (Å²) in [7, 11) is 0. The van der Waals surface area contributed by atoms with E-state index in [1.54, 1.807) is 12.1 Å². The summed E-state index contributed by atoms with van der Waals surface area (Å²) in [5.41, 5.74) is 7.68. The Morgan fingerprint density at radius 1 is 1.50 bits per heavy atom. The van der Waals surface area contributed by atoms with E-state index in [0.717, 1.165) is 24.1 Å². The van der Waals surface area contributed by atoms with Crippen LogP contribution in [0.3, 0.4) is 0 Å². The molecule has 3 heteroatoms. The lowest BCUT2D eigenvalue weighted by atomic mass is 10.0. The lowest BCUT2D eigenvalue weighted by Crippen LogP contribution is -2.33. The van der Waals surface area contributed by atoms with Crippen LogP contribution in [-0.4, -0.2) is 6.17 Å². The minimum absolute atomic E-state index is 0.0166. The van der Waals surface area contributed by atoms with Gasteiger partial charge in [0.15, 0.2) is 0 Å². The van der Waals surface area contributed by atoms with Crippen molar-refractivity contribution >= 4 is 5.69 Å². The number of fused-ring (bicyclic) bond motifs is 1. The zero-order chi connectivity index (χ0) is 8.55. The maximum atomic E-state index is 12.7. The summed E-state index contributed by atoms with van der Waals surface area (Å²) in [4.78, 5) is 0. The molecule has 1 aliphatic heterocycles. The quantitative estimate of drug-likeness (QED) is 0.612. The molecule has 0 fully saturated rings. The summed E-state index contributed by atoms with van der Waals surface area (Å²) in [5, 5.41) is 3.10. The maximum absolute atomic E-state index is 12.7. The number of hydrogen-bond acceptors (Lipinski definition) is 2. The van der Waals surface area contributed by atoms with Gasteiger partial charge in [0.2, 0.25) is 0 Å². The van der Waals surface area contributed by atoms with E-state index >= 15 is 0 Å². The minimum atomic E-state index is -0.175. The van der Waals surface area contributed by atoms with E-state index in [1.165, 1.54) is 6.07 Å². The molecule has 2 rings (SSSR count). The summed E-state index contributed by atoms with van der Waals surface area (Å²) in [6.45, 7) is 0. The van der Waals surface area contributed by atoms with Gasteiger partial charge in [0.25, 0.3) is 0 Å². The monoisotopic (exact) mass is 166 g/mol. The van der Waals surface area contributed by atoms with E-state index in [-0.39, 0.29) is 12.0 Å². The lowest BCUT2D eigenvalue weighted by molar-refractivity contribution is 0.614. The summed E-state index contributed by atoms with van der Waals surface area (Å²) in [5.74, 6) is -0.175. The molecule has 0 radical (unpaired) electrons. The van der Waals surface area contributed by atoms with Crippen molar-refractivity contribution in [2.75, 3.05) is 5.32 Å². The van der Waals surface area contributed by atoms with Crippen molar-refractivity contribution in [2.45, 2.75) is 19.0 Å². The van der Waals surface area contributed by atoms with Crippen LogP contribution in [0.25, 0.3) is 0 Å². The molecule has 1 atom stereocenters. The van der Waals surface area contributed by atoms with Crippen molar-refractivity contribution < 1.29 is 4.39 Å². The van der Waals surface area contributed by atoms with Crippen LogP contribution < -0.4 is 11.1 Å². The fourth-order valence-corrected chi connectivity index (χ4v) is 1.49. The van der Waals surface area contributed by atoms with Crippen molar-refractivity contribution in [3.63, 3.8) is 0 Å². The third-order valence-electron chi connectivity index (χ3n) is 2.13. The predicted octanol–water partition coefficient (Wildman–Crippen LogP) is 1.47. The van der Waals surface area contributed by atoms with Gasteiger partial charge in [-0.05, 0) is 36.6 Å². The number of benzene rings is 1. The van der Waals surface area contributed by atoms with Crippen molar-refractivity contribution in [1.29, 1.82) is 0 Å². The molecule has 0 saturated heterocycles. The second-order valence-electron chi connectivity index (χ2n) is 3.09. The maximum Gasteiger partial charge on any atom is 0.123 e. The molecule has 0 spiro atoms. The normalized spacial score (nSPS) is 21.3. The molecule has 12 heavy (non-hydrogen) atoms. The van der Waals surface area contributed by atoms with Gasteiger partial charge >= 0.3 is 0 Å². The first-order valence-electron chi connectivity index (χ1n) is 4.06. The van der Waals surface area contributed by atoms with Gasteiger partial charge in [-0.3, -0.25) is 0 Å². The molecule has 0 saturated carbocycles. The van der Waals surface area contributed by atoms with Crippen LogP contribution in [0.2, 0.25) is 0 Å². The zero-order valence-corrected chi connectivity index (χ0v) is 6.68. The van der Waals surface area contributed by atoms with E-state index in [1.807, 2.05) is 0 Å². The van der Waals surface area contributed by atoms with Gasteiger partial charge in [0, 0.05) is 5.69 Å². The highest BCUT2D eigenvalue weighted by molar-refractivity contribution is 5.53. The van der Waals surface area contributed by atoms with Crippen molar-refractivity contribution in [2.24, 2.45) is 5.73 Å². The van der Waals surface area contributed by atoms with Crippen LogP contribution in [0.5, 0.6) is 0 Å².